The molecule has 1 aromatic carbocycles. The van der Waals surface area contributed by atoms with E-state index in [0.717, 1.165) is 43.6 Å². The summed E-state index contributed by atoms with van der Waals surface area (Å²) in [4.78, 5) is 0. The molecule has 1 aromatic rings. The van der Waals surface area contributed by atoms with Crippen LogP contribution in [0.4, 0.5) is 0 Å². The monoisotopic (exact) mass is 306 g/mol. The SMILES string of the molecule is C=CC[C@H](COCc1ccc(OC)cc1)OC1CCCCO1. The highest BCUT2D eigenvalue weighted by atomic mass is 16.7. The van der Waals surface area contributed by atoms with Crippen LogP contribution in [-0.4, -0.2) is 32.7 Å². The highest BCUT2D eigenvalue weighted by molar-refractivity contribution is 5.26. The Morgan fingerprint density at radius 2 is 2.14 bits per heavy atom. The van der Waals surface area contributed by atoms with Crippen molar-refractivity contribution < 1.29 is 18.9 Å². The lowest BCUT2D eigenvalue weighted by Gasteiger charge is -2.27. The Labute approximate surface area is 133 Å². The minimum Gasteiger partial charge on any atom is -0.497 e. The van der Waals surface area contributed by atoms with Crippen LogP contribution in [0.1, 0.15) is 31.2 Å². The van der Waals surface area contributed by atoms with E-state index in [2.05, 4.69) is 6.58 Å². The quantitative estimate of drug-likeness (QED) is 0.652. The van der Waals surface area contributed by atoms with Crippen molar-refractivity contribution in [2.24, 2.45) is 0 Å². The highest BCUT2D eigenvalue weighted by Crippen LogP contribution is 2.17. The summed E-state index contributed by atoms with van der Waals surface area (Å²) in [5.74, 6) is 0.853. The van der Waals surface area contributed by atoms with Crippen LogP contribution in [-0.2, 0) is 20.8 Å². The van der Waals surface area contributed by atoms with Crippen molar-refractivity contribution in [2.45, 2.75) is 44.7 Å². The molecule has 1 unspecified atom stereocenters. The summed E-state index contributed by atoms with van der Waals surface area (Å²) in [6, 6.07) is 7.89. The molecule has 0 spiro atoms. The highest BCUT2D eigenvalue weighted by Gasteiger charge is 2.19. The van der Waals surface area contributed by atoms with Gasteiger partial charge in [0.15, 0.2) is 6.29 Å². The molecule has 0 radical (unpaired) electrons. The molecule has 22 heavy (non-hydrogen) atoms. The van der Waals surface area contributed by atoms with Gasteiger partial charge in [-0.1, -0.05) is 18.2 Å². The predicted octanol–water partition coefficient (Wildman–Crippen LogP) is 3.70. The first-order valence-electron chi connectivity index (χ1n) is 7.90. The van der Waals surface area contributed by atoms with Gasteiger partial charge in [0.1, 0.15) is 5.75 Å². The Morgan fingerprint density at radius 3 is 2.77 bits per heavy atom. The zero-order valence-electron chi connectivity index (χ0n) is 13.3. The standard InChI is InChI=1S/C18H26O4/c1-3-6-17(22-18-7-4-5-12-21-18)14-20-13-15-8-10-16(19-2)11-9-15/h3,8-11,17-18H,1,4-7,12-14H2,2H3/t17-,18?/m1/s1. The fraction of sp³-hybridized carbons (Fsp3) is 0.556. The van der Waals surface area contributed by atoms with Crippen molar-refractivity contribution in [1.29, 1.82) is 0 Å². The summed E-state index contributed by atoms with van der Waals surface area (Å²) in [6.45, 7) is 5.68. The van der Waals surface area contributed by atoms with Crippen molar-refractivity contribution in [3.63, 3.8) is 0 Å². The number of rotatable bonds is 9. The Bertz CT molecular complexity index is 423. The molecule has 1 aliphatic heterocycles. The molecule has 0 saturated carbocycles. The van der Waals surface area contributed by atoms with Gasteiger partial charge in [0.05, 0.1) is 26.4 Å². The van der Waals surface area contributed by atoms with Crippen molar-refractivity contribution in [1.82, 2.24) is 0 Å². The van der Waals surface area contributed by atoms with Gasteiger partial charge in [0.25, 0.3) is 0 Å². The number of hydrogen-bond acceptors (Lipinski definition) is 4. The molecular formula is C18H26O4. The number of hydrogen-bond donors (Lipinski definition) is 0. The van der Waals surface area contributed by atoms with E-state index in [1.807, 2.05) is 30.3 Å². The normalized spacial score (nSPS) is 19.6. The topological polar surface area (TPSA) is 36.9 Å². The lowest BCUT2D eigenvalue weighted by Crippen LogP contribution is -2.30. The van der Waals surface area contributed by atoms with Gasteiger partial charge >= 0.3 is 0 Å². The molecule has 2 atom stereocenters. The first kappa shape index (κ1) is 17.0. The van der Waals surface area contributed by atoms with Crippen molar-refractivity contribution in [2.75, 3.05) is 20.3 Å². The van der Waals surface area contributed by atoms with Crippen LogP contribution >= 0.6 is 0 Å². The zero-order chi connectivity index (χ0) is 15.6. The summed E-state index contributed by atoms with van der Waals surface area (Å²) in [6.07, 6.45) is 5.79. The molecule has 4 nitrogen and oxygen atoms in total. The van der Waals surface area contributed by atoms with Gasteiger partial charge in [0, 0.05) is 6.61 Å². The van der Waals surface area contributed by atoms with Crippen LogP contribution < -0.4 is 4.74 Å². The average molecular weight is 306 g/mol. The number of benzene rings is 1. The summed E-state index contributed by atoms with van der Waals surface area (Å²) in [5.41, 5.74) is 1.12. The largest absolute Gasteiger partial charge is 0.497 e. The maximum atomic E-state index is 5.97. The first-order chi connectivity index (χ1) is 10.8. The van der Waals surface area contributed by atoms with Crippen molar-refractivity contribution in [3.05, 3.63) is 42.5 Å². The number of ether oxygens (including phenoxy) is 4. The van der Waals surface area contributed by atoms with Gasteiger partial charge in [-0.3, -0.25) is 0 Å². The second kappa shape index (κ2) is 9.62. The lowest BCUT2D eigenvalue weighted by molar-refractivity contribution is -0.197. The lowest BCUT2D eigenvalue weighted by atomic mass is 10.2. The molecule has 1 saturated heterocycles. The van der Waals surface area contributed by atoms with Crippen LogP contribution in [0.15, 0.2) is 36.9 Å². The van der Waals surface area contributed by atoms with E-state index in [0.29, 0.717) is 13.2 Å². The van der Waals surface area contributed by atoms with Gasteiger partial charge in [-0.25, -0.2) is 0 Å². The average Bonchev–Trinajstić information content (AvgIpc) is 2.56. The van der Waals surface area contributed by atoms with E-state index >= 15 is 0 Å². The fourth-order valence-electron chi connectivity index (χ4n) is 2.41. The summed E-state index contributed by atoms with van der Waals surface area (Å²) in [7, 11) is 1.66. The van der Waals surface area contributed by atoms with Crippen LogP contribution in [0.25, 0.3) is 0 Å². The van der Waals surface area contributed by atoms with Crippen LogP contribution in [0.3, 0.4) is 0 Å². The second-order valence-corrected chi connectivity index (χ2v) is 5.44. The minimum atomic E-state index is -0.0942. The van der Waals surface area contributed by atoms with Gasteiger partial charge < -0.3 is 18.9 Å². The predicted molar refractivity (Wildman–Crippen MR) is 85.9 cm³/mol. The van der Waals surface area contributed by atoms with E-state index in [1.165, 1.54) is 0 Å². The van der Waals surface area contributed by atoms with E-state index < -0.39 is 0 Å². The number of methoxy groups -OCH3 is 1. The molecule has 1 heterocycles. The smallest absolute Gasteiger partial charge is 0.158 e. The van der Waals surface area contributed by atoms with Gasteiger partial charge in [-0.2, -0.15) is 0 Å². The maximum Gasteiger partial charge on any atom is 0.158 e. The Morgan fingerprint density at radius 1 is 1.32 bits per heavy atom. The third-order valence-corrected chi connectivity index (χ3v) is 3.64. The molecule has 0 amide bonds. The molecule has 2 rings (SSSR count). The van der Waals surface area contributed by atoms with Crippen LogP contribution in [0.5, 0.6) is 5.75 Å². The van der Waals surface area contributed by atoms with E-state index in [1.54, 1.807) is 7.11 Å². The van der Waals surface area contributed by atoms with Crippen LogP contribution in [0, 0.1) is 0 Å². The minimum absolute atomic E-state index is 0.00107. The third kappa shape index (κ3) is 5.79. The van der Waals surface area contributed by atoms with E-state index in [4.69, 9.17) is 18.9 Å². The summed E-state index contributed by atoms with van der Waals surface area (Å²) in [5, 5.41) is 0. The first-order valence-corrected chi connectivity index (χ1v) is 7.90. The molecule has 0 bridgehead atoms. The van der Waals surface area contributed by atoms with Gasteiger partial charge in [0.2, 0.25) is 0 Å². The maximum absolute atomic E-state index is 5.97. The summed E-state index contributed by atoms with van der Waals surface area (Å²) >= 11 is 0. The molecule has 0 aliphatic carbocycles. The molecular weight excluding hydrogens is 280 g/mol. The zero-order valence-corrected chi connectivity index (χ0v) is 13.3. The van der Waals surface area contributed by atoms with Crippen molar-refractivity contribution in [3.8, 4) is 5.75 Å². The van der Waals surface area contributed by atoms with Crippen LogP contribution in [0.2, 0.25) is 0 Å². The molecule has 122 valence electrons. The third-order valence-electron chi connectivity index (χ3n) is 3.64. The van der Waals surface area contributed by atoms with Gasteiger partial charge in [-0.05, 0) is 43.4 Å². The van der Waals surface area contributed by atoms with E-state index in [-0.39, 0.29) is 12.4 Å². The Balaban J connectivity index is 1.73. The Hall–Kier alpha value is -1.36. The fourth-order valence-corrected chi connectivity index (χ4v) is 2.41. The van der Waals surface area contributed by atoms with E-state index in [9.17, 15) is 0 Å². The molecule has 4 heteroatoms. The molecule has 1 fully saturated rings. The molecule has 0 aromatic heterocycles. The van der Waals surface area contributed by atoms with Crippen molar-refractivity contribution >= 4 is 0 Å². The Kier molecular flexibility index (Phi) is 7.43. The molecule has 1 aliphatic rings. The molecule has 0 N–H and O–H groups in total. The van der Waals surface area contributed by atoms with Gasteiger partial charge in [-0.15, -0.1) is 6.58 Å². The second-order valence-electron chi connectivity index (χ2n) is 5.44. The summed E-state index contributed by atoms with van der Waals surface area (Å²) < 4.78 is 22.5.